The maximum absolute atomic E-state index is 12.2. The molecule has 19 heavy (non-hydrogen) atoms. The Balaban J connectivity index is 2.64. The fourth-order valence-corrected chi connectivity index (χ4v) is 1.69. The Kier molecular flexibility index (Phi) is 3.33. The van der Waals surface area contributed by atoms with Gasteiger partial charge in [0.1, 0.15) is 5.65 Å². The summed E-state index contributed by atoms with van der Waals surface area (Å²) >= 11 is 0. The molecule has 6 nitrogen and oxygen atoms in total. The minimum Gasteiger partial charge on any atom is -0.493 e. The Labute approximate surface area is 109 Å². The fraction of sp³-hybridized carbons (Fsp3) is 0.154. The van der Waals surface area contributed by atoms with E-state index in [1.54, 1.807) is 18.3 Å². The van der Waals surface area contributed by atoms with Crippen molar-refractivity contribution in [3.8, 4) is 5.88 Å². The summed E-state index contributed by atoms with van der Waals surface area (Å²) in [6.45, 7) is 5.47. The van der Waals surface area contributed by atoms with Gasteiger partial charge in [-0.05, 0) is 18.6 Å². The summed E-state index contributed by atoms with van der Waals surface area (Å²) in [5.41, 5.74) is 0.158. The first-order valence-electron chi connectivity index (χ1n) is 5.65. The molecule has 6 heteroatoms. The molecule has 98 valence electrons. The van der Waals surface area contributed by atoms with Gasteiger partial charge in [0.25, 0.3) is 11.5 Å². The van der Waals surface area contributed by atoms with Gasteiger partial charge < -0.3 is 10.4 Å². The molecule has 2 N–H and O–H groups in total. The van der Waals surface area contributed by atoms with Crippen molar-refractivity contribution >= 4 is 11.6 Å². The molecule has 0 fully saturated rings. The lowest BCUT2D eigenvalue weighted by molar-refractivity contribution is 0.0953. The molecular formula is C13H13N3O3. The van der Waals surface area contributed by atoms with E-state index in [1.807, 2.05) is 6.92 Å². The van der Waals surface area contributed by atoms with Crippen molar-refractivity contribution in [2.24, 2.45) is 0 Å². The van der Waals surface area contributed by atoms with E-state index in [0.29, 0.717) is 0 Å². The van der Waals surface area contributed by atoms with Crippen LogP contribution in [0, 0.1) is 6.92 Å². The van der Waals surface area contributed by atoms with Crippen LogP contribution in [0.3, 0.4) is 0 Å². The van der Waals surface area contributed by atoms with E-state index < -0.39 is 17.3 Å². The molecule has 2 rings (SSSR count). The number of nitrogens with zero attached hydrogens (tertiary/aromatic N) is 2. The van der Waals surface area contributed by atoms with Crippen LogP contribution >= 0.6 is 0 Å². The molecule has 0 atom stereocenters. The summed E-state index contributed by atoms with van der Waals surface area (Å²) in [5, 5.41) is 12.2. The average Bonchev–Trinajstić information content (AvgIpc) is 2.37. The van der Waals surface area contributed by atoms with Crippen LogP contribution in [0.25, 0.3) is 5.65 Å². The van der Waals surface area contributed by atoms with Gasteiger partial charge in [-0.1, -0.05) is 12.1 Å². The number of rotatable bonds is 3. The third-order valence-corrected chi connectivity index (χ3v) is 2.59. The molecule has 0 unspecified atom stereocenters. The molecular weight excluding hydrogens is 246 g/mol. The second-order valence-corrected chi connectivity index (χ2v) is 4.05. The number of fused-ring (bicyclic) bond motifs is 1. The first-order chi connectivity index (χ1) is 9.04. The molecule has 0 aromatic carbocycles. The van der Waals surface area contributed by atoms with Gasteiger partial charge in [-0.15, -0.1) is 6.58 Å². The van der Waals surface area contributed by atoms with Crippen molar-refractivity contribution in [2.45, 2.75) is 6.92 Å². The highest BCUT2D eigenvalue weighted by Crippen LogP contribution is 2.11. The van der Waals surface area contributed by atoms with E-state index in [4.69, 9.17) is 0 Å². The lowest BCUT2D eigenvalue weighted by Crippen LogP contribution is -2.32. The Bertz CT molecular complexity index is 719. The summed E-state index contributed by atoms with van der Waals surface area (Å²) in [7, 11) is 0. The molecule has 0 spiro atoms. The summed E-state index contributed by atoms with van der Waals surface area (Å²) in [6.07, 6.45) is 3.04. The molecule has 0 radical (unpaired) electrons. The Morgan fingerprint density at radius 1 is 1.58 bits per heavy atom. The second kappa shape index (κ2) is 4.93. The van der Waals surface area contributed by atoms with Gasteiger partial charge >= 0.3 is 0 Å². The number of carbonyl (C=O) groups excluding carboxylic acids is 1. The Morgan fingerprint density at radius 3 is 3.00 bits per heavy atom. The van der Waals surface area contributed by atoms with Crippen molar-refractivity contribution in [3.05, 3.63) is 52.5 Å². The van der Waals surface area contributed by atoms with Crippen LogP contribution in [-0.2, 0) is 0 Å². The van der Waals surface area contributed by atoms with Crippen molar-refractivity contribution in [1.29, 1.82) is 0 Å². The van der Waals surface area contributed by atoms with Crippen LogP contribution in [0.5, 0.6) is 5.88 Å². The van der Waals surface area contributed by atoms with Gasteiger partial charge in [0.05, 0.1) is 0 Å². The zero-order valence-corrected chi connectivity index (χ0v) is 10.4. The van der Waals surface area contributed by atoms with E-state index >= 15 is 0 Å². The van der Waals surface area contributed by atoms with Gasteiger partial charge in [0, 0.05) is 12.7 Å². The lowest BCUT2D eigenvalue weighted by Gasteiger charge is -2.07. The van der Waals surface area contributed by atoms with Gasteiger partial charge in [0.2, 0.25) is 5.88 Å². The summed E-state index contributed by atoms with van der Waals surface area (Å²) < 4.78 is 1.23. The van der Waals surface area contributed by atoms with Gasteiger partial charge in [0.15, 0.2) is 5.56 Å². The number of pyridine rings is 1. The average molecular weight is 259 g/mol. The molecule has 0 aliphatic rings. The maximum Gasteiger partial charge on any atom is 0.274 e. The van der Waals surface area contributed by atoms with E-state index in [9.17, 15) is 14.7 Å². The van der Waals surface area contributed by atoms with E-state index in [1.165, 1.54) is 10.5 Å². The van der Waals surface area contributed by atoms with E-state index in [-0.39, 0.29) is 17.8 Å². The van der Waals surface area contributed by atoms with E-state index in [2.05, 4.69) is 16.9 Å². The third-order valence-electron chi connectivity index (χ3n) is 2.59. The highest BCUT2D eigenvalue weighted by atomic mass is 16.3. The van der Waals surface area contributed by atoms with Crippen LogP contribution in [0.1, 0.15) is 15.9 Å². The number of carbonyl (C=O) groups is 1. The first kappa shape index (κ1) is 12.8. The van der Waals surface area contributed by atoms with Crippen molar-refractivity contribution < 1.29 is 9.90 Å². The van der Waals surface area contributed by atoms with Crippen LogP contribution in [0.2, 0.25) is 0 Å². The van der Waals surface area contributed by atoms with Crippen LogP contribution in [0.4, 0.5) is 0 Å². The molecule has 0 saturated heterocycles. The predicted molar refractivity (Wildman–Crippen MR) is 70.4 cm³/mol. The number of nitrogens with one attached hydrogen (secondary N) is 1. The number of amides is 1. The standard InChI is InChI=1S/C13H13N3O3/c1-3-6-14-11(17)10-12(18)15-9-5-4-8(2)7-16(9)13(10)19/h3-5,7,18H,1,6H2,2H3,(H,14,17). The minimum atomic E-state index is -0.675. The zero-order chi connectivity index (χ0) is 14.0. The number of aryl methyl sites for hydroxylation is 1. The molecule has 0 aliphatic carbocycles. The number of hydrogen-bond donors (Lipinski definition) is 2. The molecule has 0 saturated carbocycles. The maximum atomic E-state index is 12.2. The minimum absolute atomic E-state index is 0.203. The highest BCUT2D eigenvalue weighted by Gasteiger charge is 2.19. The van der Waals surface area contributed by atoms with Crippen molar-refractivity contribution in [1.82, 2.24) is 14.7 Å². The fourth-order valence-electron chi connectivity index (χ4n) is 1.69. The lowest BCUT2D eigenvalue weighted by atomic mass is 10.2. The largest absolute Gasteiger partial charge is 0.493 e. The summed E-state index contributed by atoms with van der Waals surface area (Å²) in [5.74, 6) is -1.25. The third kappa shape index (κ3) is 2.33. The monoisotopic (exact) mass is 259 g/mol. The van der Waals surface area contributed by atoms with Gasteiger partial charge in [-0.3, -0.25) is 14.0 Å². The van der Waals surface area contributed by atoms with Crippen LogP contribution in [0.15, 0.2) is 35.8 Å². The molecule has 2 aromatic rings. The molecule has 2 aromatic heterocycles. The quantitative estimate of drug-likeness (QED) is 0.792. The Morgan fingerprint density at radius 2 is 2.32 bits per heavy atom. The summed E-state index contributed by atoms with van der Waals surface area (Å²) in [4.78, 5) is 27.8. The molecule has 0 aliphatic heterocycles. The first-order valence-corrected chi connectivity index (χ1v) is 5.65. The number of hydrogen-bond acceptors (Lipinski definition) is 4. The topological polar surface area (TPSA) is 83.7 Å². The molecule has 1 amide bonds. The number of aromatic nitrogens is 2. The van der Waals surface area contributed by atoms with Gasteiger partial charge in [-0.25, -0.2) is 0 Å². The van der Waals surface area contributed by atoms with Crippen LogP contribution < -0.4 is 10.9 Å². The predicted octanol–water partition coefficient (Wildman–Crippen LogP) is 0.624. The molecule has 0 bridgehead atoms. The normalized spacial score (nSPS) is 10.4. The zero-order valence-electron chi connectivity index (χ0n) is 10.4. The van der Waals surface area contributed by atoms with Gasteiger partial charge in [-0.2, -0.15) is 4.98 Å². The Hall–Kier alpha value is -2.63. The second-order valence-electron chi connectivity index (χ2n) is 4.05. The van der Waals surface area contributed by atoms with Crippen LogP contribution in [-0.4, -0.2) is 26.9 Å². The smallest absolute Gasteiger partial charge is 0.274 e. The van der Waals surface area contributed by atoms with Crippen molar-refractivity contribution in [3.63, 3.8) is 0 Å². The SMILES string of the molecule is C=CCNC(=O)c1c(O)nc2ccc(C)cn2c1=O. The summed E-state index contributed by atoms with van der Waals surface area (Å²) in [6, 6.07) is 3.36. The molecule has 2 heterocycles. The van der Waals surface area contributed by atoms with Crippen molar-refractivity contribution in [2.75, 3.05) is 6.54 Å². The number of aromatic hydroxyl groups is 1. The highest BCUT2D eigenvalue weighted by molar-refractivity contribution is 5.96. The van der Waals surface area contributed by atoms with E-state index in [0.717, 1.165) is 5.56 Å².